The highest BCUT2D eigenvalue weighted by molar-refractivity contribution is 5.88. The minimum atomic E-state index is -0.0901. The van der Waals surface area contributed by atoms with E-state index < -0.39 is 0 Å². The molecule has 0 saturated heterocycles. The second-order valence-corrected chi connectivity index (χ2v) is 8.46. The maximum Gasteiger partial charge on any atom is 0.333 e. The van der Waals surface area contributed by atoms with Crippen LogP contribution in [0.15, 0.2) is 35.9 Å². The van der Waals surface area contributed by atoms with Gasteiger partial charge in [0.2, 0.25) is 0 Å². The van der Waals surface area contributed by atoms with Gasteiger partial charge >= 0.3 is 5.97 Å². The standard InChI is InChI=1S/C26H40O2/c1-4-6-8-10-11-21(3)28-26(27)25-19-17-24(18-20-25)23-15-13-22(14-16-23)12-9-7-5-2/h13-16,19,21,24H,4-12,17-18,20H2,1-3H3. The van der Waals surface area contributed by atoms with Crippen LogP contribution in [0.2, 0.25) is 0 Å². The second-order valence-electron chi connectivity index (χ2n) is 8.46. The third kappa shape index (κ3) is 7.81. The molecule has 1 aromatic carbocycles. The Morgan fingerprint density at radius 3 is 2.39 bits per heavy atom. The van der Waals surface area contributed by atoms with Crippen molar-refractivity contribution in [3.8, 4) is 0 Å². The van der Waals surface area contributed by atoms with Crippen molar-refractivity contribution >= 4 is 5.97 Å². The lowest BCUT2D eigenvalue weighted by Gasteiger charge is -2.23. The molecule has 0 fully saturated rings. The Bertz CT molecular complexity index is 599. The van der Waals surface area contributed by atoms with Crippen LogP contribution in [-0.2, 0) is 16.0 Å². The maximum atomic E-state index is 12.4. The van der Waals surface area contributed by atoms with E-state index in [2.05, 4.69) is 44.2 Å². The molecule has 0 amide bonds. The molecule has 0 aromatic heterocycles. The van der Waals surface area contributed by atoms with E-state index >= 15 is 0 Å². The Morgan fingerprint density at radius 2 is 1.75 bits per heavy atom. The topological polar surface area (TPSA) is 26.3 Å². The lowest BCUT2D eigenvalue weighted by Crippen LogP contribution is -2.19. The monoisotopic (exact) mass is 384 g/mol. The summed E-state index contributed by atoms with van der Waals surface area (Å²) in [5.74, 6) is 0.445. The fourth-order valence-electron chi connectivity index (χ4n) is 4.03. The predicted octanol–water partition coefficient (Wildman–Crippen LogP) is 7.52. The van der Waals surface area contributed by atoms with Crippen LogP contribution in [-0.4, -0.2) is 12.1 Å². The van der Waals surface area contributed by atoms with Crippen LogP contribution in [0, 0.1) is 0 Å². The average molecular weight is 385 g/mol. The van der Waals surface area contributed by atoms with Gasteiger partial charge in [-0.1, -0.05) is 76.3 Å². The molecule has 156 valence electrons. The van der Waals surface area contributed by atoms with E-state index in [1.54, 1.807) is 0 Å². The average Bonchev–Trinajstić information content (AvgIpc) is 2.72. The summed E-state index contributed by atoms with van der Waals surface area (Å²) in [7, 11) is 0. The van der Waals surface area contributed by atoms with Crippen LogP contribution in [0.3, 0.4) is 0 Å². The lowest BCUT2D eigenvalue weighted by atomic mass is 9.84. The van der Waals surface area contributed by atoms with E-state index in [-0.39, 0.29) is 12.1 Å². The van der Waals surface area contributed by atoms with Crippen LogP contribution in [0.4, 0.5) is 0 Å². The number of unbranched alkanes of at least 4 members (excludes halogenated alkanes) is 5. The Morgan fingerprint density at radius 1 is 1.04 bits per heavy atom. The normalized spacial score (nSPS) is 17.8. The van der Waals surface area contributed by atoms with Gasteiger partial charge in [0.1, 0.15) is 0 Å². The first-order valence-electron chi connectivity index (χ1n) is 11.6. The first-order valence-corrected chi connectivity index (χ1v) is 11.6. The van der Waals surface area contributed by atoms with Gasteiger partial charge in [-0.3, -0.25) is 0 Å². The van der Waals surface area contributed by atoms with Crippen LogP contribution in [0.1, 0.15) is 108 Å². The van der Waals surface area contributed by atoms with Crippen molar-refractivity contribution in [3.05, 3.63) is 47.0 Å². The van der Waals surface area contributed by atoms with Crippen LogP contribution in [0.25, 0.3) is 0 Å². The maximum absolute atomic E-state index is 12.4. The van der Waals surface area contributed by atoms with E-state index in [0.717, 1.165) is 37.7 Å². The molecule has 1 aliphatic rings. The molecule has 28 heavy (non-hydrogen) atoms. The molecule has 1 aliphatic carbocycles. The number of hydrogen-bond acceptors (Lipinski definition) is 2. The molecule has 2 unspecified atom stereocenters. The van der Waals surface area contributed by atoms with Crippen molar-refractivity contribution in [1.29, 1.82) is 0 Å². The molecule has 1 aromatic rings. The number of carbonyl (C=O) groups is 1. The third-order valence-corrected chi connectivity index (χ3v) is 5.97. The first-order chi connectivity index (χ1) is 13.6. The van der Waals surface area contributed by atoms with Crippen LogP contribution >= 0.6 is 0 Å². The Kier molecular flexibility index (Phi) is 10.4. The van der Waals surface area contributed by atoms with Gasteiger partial charge in [0, 0.05) is 5.57 Å². The van der Waals surface area contributed by atoms with E-state index in [1.165, 1.54) is 56.1 Å². The Balaban J connectivity index is 1.77. The summed E-state index contributed by atoms with van der Waals surface area (Å²) in [5, 5.41) is 0. The van der Waals surface area contributed by atoms with E-state index in [9.17, 15) is 4.79 Å². The molecule has 2 heteroatoms. The molecule has 0 spiro atoms. The molecule has 0 heterocycles. The van der Waals surface area contributed by atoms with Crippen molar-refractivity contribution in [3.63, 3.8) is 0 Å². The fourth-order valence-corrected chi connectivity index (χ4v) is 4.03. The first kappa shape index (κ1) is 22.7. The van der Waals surface area contributed by atoms with Crippen molar-refractivity contribution in [2.45, 2.75) is 110 Å². The van der Waals surface area contributed by atoms with Crippen molar-refractivity contribution in [1.82, 2.24) is 0 Å². The molecular formula is C26H40O2. The molecule has 0 bridgehead atoms. The summed E-state index contributed by atoms with van der Waals surface area (Å²) >= 11 is 0. The second kappa shape index (κ2) is 12.8. The lowest BCUT2D eigenvalue weighted by molar-refractivity contribution is -0.144. The van der Waals surface area contributed by atoms with Crippen LogP contribution < -0.4 is 0 Å². The molecule has 2 nitrogen and oxygen atoms in total. The van der Waals surface area contributed by atoms with Gasteiger partial charge < -0.3 is 4.74 Å². The number of benzene rings is 1. The van der Waals surface area contributed by atoms with Crippen molar-refractivity contribution < 1.29 is 9.53 Å². The van der Waals surface area contributed by atoms with Gasteiger partial charge in [-0.15, -0.1) is 0 Å². The molecule has 2 rings (SSSR count). The summed E-state index contributed by atoms with van der Waals surface area (Å²) in [6.07, 6.45) is 15.9. The number of aryl methyl sites for hydroxylation is 1. The highest BCUT2D eigenvalue weighted by Gasteiger charge is 2.22. The fraction of sp³-hybridized carbons (Fsp3) is 0.654. The van der Waals surface area contributed by atoms with E-state index in [0.29, 0.717) is 5.92 Å². The largest absolute Gasteiger partial charge is 0.459 e. The smallest absolute Gasteiger partial charge is 0.333 e. The molecular weight excluding hydrogens is 344 g/mol. The van der Waals surface area contributed by atoms with Gasteiger partial charge in [0.15, 0.2) is 0 Å². The number of rotatable bonds is 12. The van der Waals surface area contributed by atoms with Crippen molar-refractivity contribution in [2.75, 3.05) is 0 Å². The zero-order chi connectivity index (χ0) is 20.2. The highest BCUT2D eigenvalue weighted by Crippen LogP contribution is 2.33. The van der Waals surface area contributed by atoms with Gasteiger partial charge in [0.25, 0.3) is 0 Å². The molecule has 0 aliphatic heterocycles. The predicted molar refractivity (Wildman–Crippen MR) is 119 cm³/mol. The Hall–Kier alpha value is -1.57. The van der Waals surface area contributed by atoms with E-state index in [1.807, 2.05) is 6.92 Å². The Labute approximate surface area is 172 Å². The number of carbonyl (C=O) groups excluding carboxylic acids is 1. The molecule has 0 radical (unpaired) electrons. The van der Waals surface area contributed by atoms with Gasteiger partial charge in [-0.25, -0.2) is 4.79 Å². The SMILES string of the molecule is CCCCCCC(C)OC(=O)C1=CCC(c2ccc(CCCCC)cc2)CC1. The van der Waals surface area contributed by atoms with Gasteiger partial charge in [-0.05, 0) is 68.9 Å². The highest BCUT2D eigenvalue weighted by atomic mass is 16.5. The van der Waals surface area contributed by atoms with E-state index in [4.69, 9.17) is 4.74 Å². The third-order valence-electron chi connectivity index (χ3n) is 5.97. The molecule has 0 N–H and O–H groups in total. The summed E-state index contributed by atoms with van der Waals surface area (Å²) < 4.78 is 5.67. The van der Waals surface area contributed by atoms with Crippen molar-refractivity contribution in [2.24, 2.45) is 0 Å². The minimum absolute atomic E-state index is 0.0308. The minimum Gasteiger partial charge on any atom is -0.459 e. The van der Waals surface area contributed by atoms with Gasteiger partial charge in [-0.2, -0.15) is 0 Å². The number of ether oxygens (including phenoxy) is 1. The summed E-state index contributed by atoms with van der Waals surface area (Å²) in [5.41, 5.74) is 3.74. The molecule has 0 saturated carbocycles. The molecule has 2 atom stereocenters. The summed E-state index contributed by atoms with van der Waals surface area (Å²) in [6, 6.07) is 9.17. The zero-order valence-electron chi connectivity index (χ0n) is 18.3. The van der Waals surface area contributed by atoms with Gasteiger partial charge in [0.05, 0.1) is 6.10 Å². The zero-order valence-corrected chi connectivity index (χ0v) is 18.3. The number of hydrogen-bond donors (Lipinski definition) is 0. The number of allylic oxidation sites excluding steroid dienone is 1. The quantitative estimate of drug-likeness (QED) is 0.275. The number of esters is 1. The summed E-state index contributed by atoms with van der Waals surface area (Å²) in [6.45, 7) is 6.49. The van der Waals surface area contributed by atoms with Crippen LogP contribution in [0.5, 0.6) is 0 Å². The summed E-state index contributed by atoms with van der Waals surface area (Å²) in [4.78, 5) is 12.4.